The zero-order valence-corrected chi connectivity index (χ0v) is 11.8. The van der Waals surface area contributed by atoms with Gasteiger partial charge in [-0.3, -0.25) is 0 Å². The van der Waals surface area contributed by atoms with Crippen LogP contribution in [0.15, 0.2) is 0 Å². The van der Waals surface area contributed by atoms with Crippen molar-refractivity contribution in [3.8, 4) is 0 Å². The lowest BCUT2D eigenvalue weighted by atomic mass is 10.2. The van der Waals surface area contributed by atoms with Gasteiger partial charge in [-0.05, 0) is 13.8 Å². The number of thioether (sulfide) groups is 1. The molecule has 2 rings (SSSR count). The summed E-state index contributed by atoms with van der Waals surface area (Å²) in [7, 11) is 0. The number of hydrogen-bond acceptors (Lipinski definition) is 7. The number of anilines is 1. The van der Waals surface area contributed by atoms with Gasteiger partial charge in [0.05, 0.1) is 18.9 Å². The highest BCUT2D eigenvalue weighted by molar-refractivity contribution is 7.99. The molecular formula is C12H17N3O3S. The van der Waals surface area contributed by atoms with Crippen molar-refractivity contribution in [2.24, 2.45) is 0 Å². The average molecular weight is 283 g/mol. The number of carbonyl (C=O) groups excluding carboxylic acids is 1. The smallest absolute Gasteiger partial charge is 0.343 e. The molecule has 6 nitrogen and oxygen atoms in total. The Morgan fingerprint density at radius 3 is 2.95 bits per heavy atom. The zero-order chi connectivity index (χ0) is 13.8. The highest BCUT2D eigenvalue weighted by atomic mass is 32.2. The number of nitrogens with two attached hydrogens (primary N) is 1. The Kier molecular flexibility index (Phi) is 4.60. The maximum absolute atomic E-state index is 11.8. The molecule has 19 heavy (non-hydrogen) atoms. The second-order valence-electron chi connectivity index (χ2n) is 4.08. The van der Waals surface area contributed by atoms with E-state index in [-0.39, 0.29) is 17.5 Å². The predicted molar refractivity (Wildman–Crippen MR) is 73.2 cm³/mol. The van der Waals surface area contributed by atoms with E-state index in [9.17, 15) is 4.79 Å². The van der Waals surface area contributed by atoms with Crippen molar-refractivity contribution in [3.63, 3.8) is 0 Å². The van der Waals surface area contributed by atoms with Crippen LogP contribution in [0.1, 0.15) is 34.9 Å². The van der Waals surface area contributed by atoms with E-state index in [1.165, 1.54) is 0 Å². The number of nitrogen functional groups attached to an aromatic ring is 1. The molecule has 0 spiro atoms. The second kappa shape index (κ2) is 6.21. The molecule has 1 aliphatic rings. The normalized spacial score (nSPS) is 19.2. The number of rotatable bonds is 3. The quantitative estimate of drug-likeness (QED) is 0.838. The third-order valence-corrected chi connectivity index (χ3v) is 3.71. The van der Waals surface area contributed by atoms with Crippen molar-refractivity contribution in [1.29, 1.82) is 0 Å². The number of ether oxygens (including phenoxy) is 2. The van der Waals surface area contributed by atoms with Crippen LogP contribution in [-0.4, -0.2) is 40.7 Å². The number of aryl methyl sites for hydroxylation is 1. The van der Waals surface area contributed by atoms with Gasteiger partial charge in [0.15, 0.2) is 5.82 Å². The van der Waals surface area contributed by atoms with Crippen LogP contribution in [0, 0.1) is 6.92 Å². The van der Waals surface area contributed by atoms with Crippen LogP contribution in [0.3, 0.4) is 0 Å². The summed E-state index contributed by atoms with van der Waals surface area (Å²) in [6, 6.07) is 0. The first-order valence-electron chi connectivity index (χ1n) is 6.14. The van der Waals surface area contributed by atoms with Crippen LogP contribution in [-0.2, 0) is 9.47 Å². The van der Waals surface area contributed by atoms with Crippen molar-refractivity contribution in [2.45, 2.75) is 20.0 Å². The SMILES string of the molecule is CCOC(=O)c1c(C)nc(C2CSCCO2)nc1N. The van der Waals surface area contributed by atoms with Gasteiger partial charge < -0.3 is 15.2 Å². The molecule has 1 atom stereocenters. The predicted octanol–water partition coefficient (Wildman–Crippen LogP) is 1.35. The van der Waals surface area contributed by atoms with Crippen molar-refractivity contribution in [3.05, 3.63) is 17.1 Å². The van der Waals surface area contributed by atoms with Crippen LogP contribution in [0.25, 0.3) is 0 Å². The summed E-state index contributed by atoms with van der Waals surface area (Å²) in [5, 5.41) is 0. The van der Waals surface area contributed by atoms with E-state index < -0.39 is 5.97 Å². The molecule has 0 aliphatic carbocycles. The van der Waals surface area contributed by atoms with E-state index in [0.717, 1.165) is 11.5 Å². The second-order valence-corrected chi connectivity index (χ2v) is 5.23. The van der Waals surface area contributed by atoms with Crippen molar-refractivity contribution in [1.82, 2.24) is 9.97 Å². The lowest BCUT2D eigenvalue weighted by Gasteiger charge is -2.21. The molecule has 0 saturated carbocycles. The van der Waals surface area contributed by atoms with Crippen LogP contribution >= 0.6 is 11.8 Å². The zero-order valence-electron chi connectivity index (χ0n) is 11.0. The monoisotopic (exact) mass is 283 g/mol. The fraction of sp³-hybridized carbons (Fsp3) is 0.583. The van der Waals surface area contributed by atoms with Crippen LogP contribution < -0.4 is 5.73 Å². The molecule has 2 N–H and O–H groups in total. The maximum atomic E-state index is 11.8. The molecule has 1 fully saturated rings. The minimum absolute atomic E-state index is 0.153. The molecule has 2 heterocycles. The first kappa shape index (κ1) is 14.1. The molecule has 7 heteroatoms. The van der Waals surface area contributed by atoms with Crippen molar-refractivity contribution >= 4 is 23.5 Å². The number of hydrogen-bond donors (Lipinski definition) is 1. The Hall–Kier alpha value is -1.34. The molecular weight excluding hydrogens is 266 g/mol. The lowest BCUT2D eigenvalue weighted by Crippen LogP contribution is -2.21. The molecule has 0 aromatic carbocycles. The van der Waals surface area contributed by atoms with E-state index in [0.29, 0.717) is 24.7 Å². The number of carbonyl (C=O) groups is 1. The van der Waals surface area contributed by atoms with E-state index in [1.807, 2.05) is 0 Å². The maximum Gasteiger partial charge on any atom is 0.343 e. The summed E-state index contributed by atoms with van der Waals surface area (Å²) in [5.74, 6) is 1.99. The number of esters is 1. The van der Waals surface area contributed by atoms with Crippen molar-refractivity contribution in [2.75, 3.05) is 30.5 Å². The molecule has 104 valence electrons. The minimum Gasteiger partial charge on any atom is -0.462 e. The molecule has 1 unspecified atom stereocenters. The summed E-state index contributed by atoms with van der Waals surface area (Å²) in [6.07, 6.45) is -0.156. The fourth-order valence-electron chi connectivity index (χ4n) is 1.85. The van der Waals surface area contributed by atoms with E-state index in [4.69, 9.17) is 15.2 Å². The lowest BCUT2D eigenvalue weighted by molar-refractivity contribution is 0.0523. The number of aromatic nitrogens is 2. The molecule has 1 aromatic rings. The van der Waals surface area contributed by atoms with Gasteiger partial charge in [-0.2, -0.15) is 11.8 Å². The molecule has 0 amide bonds. The third kappa shape index (κ3) is 3.16. The van der Waals surface area contributed by atoms with Crippen LogP contribution in [0.2, 0.25) is 0 Å². The molecule has 0 bridgehead atoms. The van der Waals surface area contributed by atoms with E-state index in [2.05, 4.69) is 9.97 Å². The van der Waals surface area contributed by atoms with Gasteiger partial charge in [0.1, 0.15) is 17.5 Å². The topological polar surface area (TPSA) is 87.3 Å². The standard InChI is InChI=1S/C12H17N3O3S/c1-3-17-12(16)9-7(2)14-11(15-10(9)13)8-6-19-5-4-18-8/h8H,3-6H2,1-2H3,(H2,13,14,15). The summed E-state index contributed by atoms with van der Waals surface area (Å²) < 4.78 is 10.5. The van der Waals surface area contributed by atoms with Gasteiger partial charge in [0.25, 0.3) is 0 Å². The Balaban J connectivity index is 2.27. The first-order valence-corrected chi connectivity index (χ1v) is 7.29. The van der Waals surface area contributed by atoms with Gasteiger partial charge in [0, 0.05) is 11.5 Å². The third-order valence-electron chi connectivity index (χ3n) is 2.72. The summed E-state index contributed by atoms with van der Waals surface area (Å²) in [6.45, 7) is 4.44. The minimum atomic E-state index is -0.483. The Morgan fingerprint density at radius 2 is 2.37 bits per heavy atom. The van der Waals surface area contributed by atoms with Gasteiger partial charge in [-0.15, -0.1) is 0 Å². The summed E-state index contributed by atoms with van der Waals surface area (Å²) >= 11 is 1.79. The van der Waals surface area contributed by atoms with Gasteiger partial charge in [0.2, 0.25) is 0 Å². The molecule has 1 aliphatic heterocycles. The molecule has 1 aromatic heterocycles. The Labute approximate surface area is 116 Å². The number of nitrogens with zero attached hydrogens (tertiary/aromatic N) is 2. The van der Waals surface area contributed by atoms with Crippen molar-refractivity contribution < 1.29 is 14.3 Å². The van der Waals surface area contributed by atoms with E-state index >= 15 is 0 Å². The van der Waals surface area contributed by atoms with Gasteiger partial charge in [-0.1, -0.05) is 0 Å². The van der Waals surface area contributed by atoms with Gasteiger partial charge >= 0.3 is 5.97 Å². The van der Waals surface area contributed by atoms with E-state index in [1.54, 1.807) is 25.6 Å². The highest BCUT2D eigenvalue weighted by Crippen LogP contribution is 2.26. The van der Waals surface area contributed by atoms with Crippen LogP contribution in [0.4, 0.5) is 5.82 Å². The average Bonchev–Trinajstić information content (AvgIpc) is 2.39. The largest absolute Gasteiger partial charge is 0.462 e. The molecule has 1 saturated heterocycles. The fourth-order valence-corrected chi connectivity index (χ4v) is 2.69. The highest BCUT2D eigenvalue weighted by Gasteiger charge is 2.24. The van der Waals surface area contributed by atoms with Crippen LogP contribution in [0.5, 0.6) is 0 Å². The Morgan fingerprint density at radius 1 is 1.58 bits per heavy atom. The summed E-state index contributed by atoms with van der Waals surface area (Å²) in [5.41, 5.74) is 6.62. The first-order chi connectivity index (χ1) is 9.13. The molecule has 0 radical (unpaired) electrons. The van der Waals surface area contributed by atoms with Gasteiger partial charge in [-0.25, -0.2) is 14.8 Å². The Bertz CT molecular complexity index is 452. The summed E-state index contributed by atoms with van der Waals surface area (Å²) in [4.78, 5) is 20.3.